The van der Waals surface area contributed by atoms with Gasteiger partial charge in [0.25, 0.3) is 0 Å². The van der Waals surface area contributed by atoms with Crippen molar-refractivity contribution in [1.29, 1.82) is 0 Å². The van der Waals surface area contributed by atoms with Crippen molar-refractivity contribution in [3.8, 4) is 0 Å². The van der Waals surface area contributed by atoms with E-state index in [4.69, 9.17) is 0 Å². The molecule has 0 N–H and O–H groups in total. The lowest BCUT2D eigenvalue weighted by Crippen LogP contribution is -2.36. The summed E-state index contributed by atoms with van der Waals surface area (Å²) in [7, 11) is 0. The Morgan fingerprint density at radius 3 is 1.71 bits per heavy atom. The van der Waals surface area contributed by atoms with E-state index in [1.165, 1.54) is 0 Å². The predicted octanol–water partition coefficient (Wildman–Crippen LogP) is 4.36. The molecule has 85 valence electrons. The van der Waals surface area contributed by atoms with Gasteiger partial charge >= 0.3 is 12.1 Å². The van der Waals surface area contributed by atoms with E-state index in [9.17, 15) is 22.0 Å². The van der Waals surface area contributed by atoms with Crippen LogP contribution in [0.2, 0.25) is 0 Å². The van der Waals surface area contributed by atoms with Gasteiger partial charge in [0.15, 0.2) is 0 Å². The normalized spacial score (nSPS) is 13.3. The average molecular weight is 217 g/mol. The smallest absolute Gasteiger partial charge is 0.196 e. The summed E-state index contributed by atoms with van der Waals surface area (Å²) in [6.45, 7) is 3.54. The second kappa shape index (κ2) is 5.51. The summed E-state index contributed by atoms with van der Waals surface area (Å²) in [4.78, 5) is 0. The molecule has 0 spiro atoms. The van der Waals surface area contributed by atoms with Crippen molar-refractivity contribution in [3.05, 3.63) is 6.92 Å². The Kier molecular flexibility index (Phi) is 5.37. The van der Waals surface area contributed by atoms with Gasteiger partial charge in [-0.15, -0.1) is 0 Å². The summed E-state index contributed by atoms with van der Waals surface area (Å²) >= 11 is 0. The molecule has 0 fully saturated rings. The van der Waals surface area contributed by atoms with Crippen LogP contribution < -0.4 is 0 Å². The molecule has 0 rings (SSSR count). The molecule has 1 radical (unpaired) electrons. The fourth-order valence-electron chi connectivity index (χ4n) is 1.02. The molecule has 0 bridgehead atoms. The molecule has 5 heteroatoms. The van der Waals surface area contributed by atoms with Gasteiger partial charge < -0.3 is 0 Å². The third-order valence-corrected chi connectivity index (χ3v) is 1.91. The zero-order chi connectivity index (χ0) is 11.2. The van der Waals surface area contributed by atoms with Crippen molar-refractivity contribution in [3.63, 3.8) is 0 Å². The first-order valence-electron chi connectivity index (χ1n) is 4.55. The highest BCUT2D eigenvalue weighted by molar-refractivity contribution is 4.75. The largest absolute Gasteiger partial charge is 0.453 e. The van der Waals surface area contributed by atoms with Gasteiger partial charge in [-0.1, -0.05) is 32.6 Å². The second-order valence-corrected chi connectivity index (χ2v) is 3.22. The average Bonchev–Trinajstić information content (AvgIpc) is 2.02. The molecular formula is C9H14F5. The second-order valence-electron chi connectivity index (χ2n) is 3.22. The third kappa shape index (κ3) is 4.77. The fraction of sp³-hybridized carbons (Fsp3) is 0.889. The summed E-state index contributed by atoms with van der Waals surface area (Å²) in [5.74, 6) is -4.53. The zero-order valence-electron chi connectivity index (χ0n) is 7.84. The molecule has 0 atom stereocenters. The Hall–Kier alpha value is -0.350. The van der Waals surface area contributed by atoms with Crippen molar-refractivity contribution >= 4 is 0 Å². The van der Waals surface area contributed by atoms with Crippen molar-refractivity contribution in [1.82, 2.24) is 0 Å². The highest BCUT2D eigenvalue weighted by Gasteiger charge is 2.56. The van der Waals surface area contributed by atoms with E-state index in [1.54, 1.807) is 0 Å². The van der Waals surface area contributed by atoms with E-state index >= 15 is 0 Å². The number of rotatable bonds is 6. The Morgan fingerprint density at radius 2 is 1.29 bits per heavy atom. The van der Waals surface area contributed by atoms with E-state index < -0.39 is 18.5 Å². The number of unbranched alkanes of at least 4 members (excludes halogenated alkanes) is 4. The Morgan fingerprint density at radius 1 is 0.786 bits per heavy atom. The first-order valence-corrected chi connectivity index (χ1v) is 4.55. The molecule has 0 aliphatic rings. The molecule has 0 aromatic heterocycles. The molecule has 0 amide bonds. The number of hydrogen-bond acceptors (Lipinski definition) is 0. The van der Waals surface area contributed by atoms with E-state index in [-0.39, 0.29) is 6.42 Å². The van der Waals surface area contributed by atoms with Gasteiger partial charge in [0, 0.05) is 6.42 Å². The lowest BCUT2D eigenvalue weighted by molar-refractivity contribution is -0.284. The molecule has 0 heterocycles. The topological polar surface area (TPSA) is 0 Å². The van der Waals surface area contributed by atoms with Gasteiger partial charge in [-0.25, -0.2) is 0 Å². The van der Waals surface area contributed by atoms with Crippen LogP contribution in [-0.4, -0.2) is 12.1 Å². The number of hydrogen-bond donors (Lipinski definition) is 0. The Labute approximate surface area is 80.5 Å². The minimum Gasteiger partial charge on any atom is -0.196 e. The van der Waals surface area contributed by atoms with Gasteiger partial charge in [0.1, 0.15) is 0 Å². The number of alkyl halides is 5. The maximum Gasteiger partial charge on any atom is 0.453 e. The van der Waals surface area contributed by atoms with Crippen LogP contribution in [0.25, 0.3) is 0 Å². The molecule has 14 heavy (non-hydrogen) atoms. The van der Waals surface area contributed by atoms with E-state index in [0.717, 1.165) is 6.42 Å². The summed E-state index contributed by atoms with van der Waals surface area (Å²) in [6, 6.07) is 0. The van der Waals surface area contributed by atoms with Crippen molar-refractivity contribution in [2.24, 2.45) is 0 Å². The highest BCUT2D eigenvalue weighted by Crippen LogP contribution is 2.39. The molecule has 0 aliphatic carbocycles. The fourth-order valence-corrected chi connectivity index (χ4v) is 1.02. The van der Waals surface area contributed by atoms with Crippen LogP contribution in [0.3, 0.4) is 0 Å². The van der Waals surface area contributed by atoms with Gasteiger partial charge in [0.2, 0.25) is 0 Å². The molecular weight excluding hydrogens is 203 g/mol. The maximum atomic E-state index is 12.3. The van der Waals surface area contributed by atoms with Gasteiger partial charge in [0.05, 0.1) is 0 Å². The lowest BCUT2D eigenvalue weighted by atomic mass is 10.1. The van der Waals surface area contributed by atoms with Crippen LogP contribution in [0.15, 0.2) is 0 Å². The molecule has 0 aromatic carbocycles. The van der Waals surface area contributed by atoms with Crippen LogP contribution in [0.1, 0.15) is 38.5 Å². The van der Waals surface area contributed by atoms with Crippen LogP contribution in [0.4, 0.5) is 22.0 Å². The molecule has 0 unspecified atom stereocenters. The van der Waals surface area contributed by atoms with Crippen LogP contribution in [0.5, 0.6) is 0 Å². The minimum absolute atomic E-state index is 0.0908. The lowest BCUT2D eigenvalue weighted by Gasteiger charge is -2.19. The van der Waals surface area contributed by atoms with Crippen molar-refractivity contribution < 1.29 is 22.0 Å². The van der Waals surface area contributed by atoms with Gasteiger partial charge in [-0.2, -0.15) is 22.0 Å². The summed E-state index contributed by atoms with van der Waals surface area (Å²) < 4.78 is 59.6. The first kappa shape index (κ1) is 13.7. The quantitative estimate of drug-likeness (QED) is 0.458. The molecule has 0 saturated carbocycles. The third-order valence-electron chi connectivity index (χ3n) is 1.91. The maximum absolute atomic E-state index is 12.3. The standard InChI is InChI=1S/C9H14F5/c1-2-3-4-5-6-7-8(10,11)9(12,13)14/h1-7H2. The Balaban J connectivity index is 3.67. The summed E-state index contributed by atoms with van der Waals surface area (Å²) in [6.07, 6.45) is -4.06. The SMILES string of the molecule is [CH2]CCCCCCC(F)(F)C(F)(F)F. The van der Waals surface area contributed by atoms with Gasteiger partial charge in [-0.3, -0.25) is 0 Å². The van der Waals surface area contributed by atoms with Crippen molar-refractivity contribution in [2.45, 2.75) is 50.6 Å². The van der Waals surface area contributed by atoms with E-state index in [2.05, 4.69) is 6.92 Å². The highest BCUT2D eigenvalue weighted by atomic mass is 19.4. The molecule has 0 aliphatic heterocycles. The molecule has 0 saturated heterocycles. The van der Waals surface area contributed by atoms with Crippen LogP contribution in [-0.2, 0) is 0 Å². The predicted molar refractivity (Wildman–Crippen MR) is 44.1 cm³/mol. The number of halogens is 5. The molecule has 0 nitrogen and oxygen atoms in total. The van der Waals surface area contributed by atoms with Gasteiger partial charge in [-0.05, 0) is 6.42 Å². The molecule has 0 aromatic rings. The van der Waals surface area contributed by atoms with Crippen molar-refractivity contribution in [2.75, 3.05) is 0 Å². The van der Waals surface area contributed by atoms with E-state index in [0.29, 0.717) is 19.3 Å². The summed E-state index contributed by atoms with van der Waals surface area (Å²) in [5, 5.41) is 0. The monoisotopic (exact) mass is 217 g/mol. The van der Waals surface area contributed by atoms with E-state index in [1.807, 2.05) is 0 Å². The summed E-state index contributed by atoms with van der Waals surface area (Å²) in [5.41, 5.74) is 0. The zero-order valence-corrected chi connectivity index (χ0v) is 7.84. The first-order chi connectivity index (χ1) is 6.31. The van der Waals surface area contributed by atoms with Crippen LogP contribution >= 0.6 is 0 Å². The van der Waals surface area contributed by atoms with Crippen LogP contribution in [0, 0.1) is 6.92 Å². The minimum atomic E-state index is -5.40. The Bertz CT molecular complexity index is 150.